The maximum atomic E-state index is 11.7. The third kappa shape index (κ3) is 2.21. The molecule has 0 bridgehead atoms. The van der Waals surface area contributed by atoms with Crippen molar-refractivity contribution in [1.82, 2.24) is 0 Å². The van der Waals surface area contributed by atoms with Crippen LogP contribution in [0, 0.1) is 0 Å². The van der Waals surface area contributed by atoms with Crippen molar-refractivity contribution in [3.05, 3.63) is 54.1 Å². The third-order valence-corrected chi connectivity index (χ3v) is 4.48. The Morgan fingerprint density at radius 2 is 1.52 bits per heavy atom. The highest BCUT2D eigenvalue weighted by Gasteiger charge is 2.28. The molecule has 0 unspecified atom stereocenters. The van der Waals surface area contributed by atoms with Crippen LogP contribution in [0.25, 0.3) is 21.5 Å². The van der Waals surface area contributed by atoms with Crippen molar-refractivity contribution in [3.63, 3.8) is 0 Å². The van der Waals surface area contributed by atoms with Crippen molar-refractivity contribution in [3.8, 4) is 0 Å². The van der Waals surface area contributed by atoms with E-state index in [1.807, 2.05) is 24.3 Å². The molecule has 3 N–H and O–H groups in total. The monoisotopic (exact) mass is 302 g/mol. The average Bonchev–Trinajstić information content (AvgIpc) is 2.44. The van der Waals surface area contributed by atoms with Crippen molar-refractivity contribution in [2.45, 2.75) is 0 Å². The summed E-state index contributed by atoms with van der Waals surface area (Å²) in [5.41, 5.74) is -0.369. The number of carbonyl (C=O) groups is 1. The van der Waals surface area contributed by atoms with Crippen LogP contribution in [-0.2, 0) is 4.57 Å². The minimum atomic E-state index is -4.71. The van der Waals surface area contributed by atoms with Crippen LogP contribution in [0.5, 0.6) is 0 Å². The summed E-state index contributed by atoms with van der Waals surface area (Å²) in [5, 5.41) is 11.4. The molecule has 0 fully saturated rings. The van der Waals surface area contributed by atoms with Crippen LogP contribution in [-0.4, -0.2) is 20.9 Å². The minimum absolute atomic E-state index is 0.266. The predicted octanol–water partition coefficient (Wildman–Crippen LogP) is 2.49. The molecule has 3 aromatic rings. The first-order valence-electron chi connectivity index (χ1n) is 6.13. The van der Waals surface area contributed by atoms with E-state index in [1.165, 1.54) is 6.07 Å². The number of fused-ring (bicyclic) bond motifs is 3. The molecule has 0 amide bonds. The number of hydrogen-bond acceptors (Lipinski definition) is 2. The van der Waals surface area contributed by atoms with Crippen LogP contribution in [0.2, 0.25) is 0 Å². The van der Waals surface area contributed by atoms with Gasteiger partial charge in [-0.1, -0.05) is 42.5 Å². The molecule has 5 nitrogen and oxygen atoms in total. The van der Waals surface area contributed by atoms with Gasteiger partial charge in [0.1, 0.15) is 0 Å². The van der Waals surface area contributed by atoms with E-state index in [1.54, 1.807) is 18.2 Å². The van der Waals surface area contributed by atoms with Gasteiger partial charge < -0.3 is 14.9 Å². The lowest BCUT2D eigenvalue weighted by Crippen LogP contribution is -2.17. The van der Waals surface area contributed by atoms with E-state index in [2.05, 4.69) is 0 Å². The molecule has 106 valence electrons. The van der Waals surface area contributed by atoms with Gasteiger partial charge in [-0.05, 0) is 27.6 Å². The molecule has 3 rings (SSSR count). The SMILES string of the molecule is O=C(O)c1ccc2c(ccc3ccccc32)c1P(=O)(O)O. The first kappa shape index (κ1) is 13.8. The van der Waals surface area contributed by atoms with Crippen molar-refractivity contribution in [2.24, 2.45) is 0 Å². The molecule has 3 aromatic carbocycles. The van der Waals surface area contributed by atoms with Gasteiger partial charge in [0.2, 0.25) is 0 Å². The Morgan fingerprint density at radius 3 is 2.19 bits per heavy atom. The van der Waals surface area contributed by atoms with Crippen LogP contribution < -0.4 is 5.30 Å². The summed E-state index contributed by atoms with van der Waals surface area (Å²) < 4.78 is 11.7. The van der Waals surface area contributed by atoms with Crippen molar-refractivity contribution in [1.29, 1.82) is 0 Å². The van der Waals surface area contributed by atoms with Gasteiger partial charge in [0.05, 0.1) is 10.9 Å². The van der Waals surface area contributed by atoms with E-state index in [0.29, 0.717) is 5.39 Å². The lowest BCUT2D eigenvalue weighted by atomic mass is 10.00. The second-order valence-electron chi connectivity index (χ2n) is 4.69. The lowest BCUT2D eigenvalue weighted by Gasteiger charge is -2.13. The van der Waals surface area contributed by atoms with Crippen LogP contribution in [0.3, 0.4) is 0 Å². The van der Waals surface area contributed by atoms with E-state index in [4.69, 9.17) is 5.11 Å². The van der Waals surface area contributed by atoms with Gasteiger partial charge >= 0.3 is 13.6 Å². The molecule has 21 heavy (non-hydrogen) atoms. The number of hydrogen-bond donors (Lipinski definition) is 3. The van der Waals surface area contributed by atoms with E-state index < -0.39 is 18.9 Å². The van der Waals surface area contributed by atoms with E-state index in [-0.39, 0.29) is 10.9 Å². The molecule has 0 aliphatic rings. The number of carboxylic acids is 1. The largest absolute Gasteiger partial charge is 0.478 e. The van der Waals surface area contributed by atoms with Gasteiger partial charge in [-0.15, -0.1) is 0 Å². The predicted molar refractivity (Wildman–Crippen MR) is 80.1 cm³/mol. The standard InChI is InChI=1S/C15H11O5P/c16-15(17)13-8-7-11-10-4-2-1-3-9(10)5-6-12(11)14(13)21(18,19)20/h1-8H,(H,16,17)(H2,18,19,20). The minimum Gasteiger partial charge on any atom is -0.478 e. The number of carboxylic acid groups (broad SMARTS) is 1. The Morgan fingerprint density at radius 1 is 0.857 bits per heavy atom. The summed E-state index contributed by atoms with van der Waals surface area (Å²) in [6.07, 6.45) is 0. The first-order valence-corrected chi connectivity index (χ1v) is 7.74. The number of rotatable bonds is 2. The third-order valence-electron chi connectivity index (χ3n) is 3.42. The van der Waals surface area contributed by atoms with Crippen LogP contribution in [0.15, 0.2) is 48.5 Å². The first-order chi connectivity index (χ1) is 9.89. The summed E-state index contributed by atoms with van der Waals surface area (Å²) in [7, 11) is -4.71. The van der Waals surface area contributed by atoms with Gasteiger partial charge in [0.15, 0.2) is 0 Å². The molecule has 0 saturated heterocycles. The van der Waals surface area contributed by atoms with Crippen molar-refractivity contribution >= 4 is 40.4 Å². The zero-order valence-corrected chi connectivity index (χ0v) is 11.6. The van der Waals surface area contributed by atoms with Crippen molar-refractivity contribution in [2.75, 3.05) is 0 Å². The Kier molecular flexibility index (Phi) is 3.06. The van der Waals surface area contributed by atoms with E-state index in [9.17, 15) is 19.1 Å². The Balaban J connectivity index is 2.55. The number of benzene rings is 3. The molecule has 0 radical (unpaired) electrons. The van der Waals surface area contributed by atoms with Crippen LogP contribution in [0.1, 0.15) is 10.4 Å². The zero-order chi connectivity index (χ0) is 15.2. The fraction of sp³-hybridized carbons (Fsp3) is 0. The van der Waals surface area contributed by atoms with Gasteiger partial charge in [0.25, 0.3) is 0 Å². The smallest absolute Gasteiger partial charge is 0.357 e. The molecule has 0 atom stereocenters. The van der Waals surface area contributed by atoms with Gasteiger partial charge in [-0.2, -0.15) is 0 Å². The molecular formula is C15H11O5P. The van der Waals surface area contributed by atoms with Crippen LogP contribution in [0.4, 0.5) is 0 Å². The second-order valence-corrected chi connectivity index (χ2v) is 6.23. The zero-order valence-electron chi connectivity index (χ0n) is 10.7. The highest BCUT2D eigenvalue weighted by Crippen LogP contribution is 2.39. The van der Waals surface area contributed by atoms with E-state index >= 15 is 0 Å². The molecule has 0 saturated carbocycles. The van der Waals surface area contributed by atoms with Gasteiger partial charge in [-0.25, -0.2) is 4.79 Å². The van der Waals surface area contributed by atoms with Gasteiger partial charge in [-0.3, -0.25) is 4.57 Å². The summed E-state index contributed by atoms with van der Waals surface area (Å²) in [6, 6.07) is 13.5. The Labute approximate surface area is 119 Å². The average molecular weight is 302 g/mol. The molecule has 0 aliphatic heterocycles. The van der Waals surface area contributed by atoms with E-state index in [0.717, 1.165) is 10.8 Å². The summed E-state index contributed by atoms with van der Waals surface area (Å²) >= 11 is 0. The second kappa shape index (κ2) is 4.67. The maximum Gasteiger partial charge on any atom is 0.357 e. The van der Waals surface area contributed by atoms with Crippen molar-refractivity contribution < 1.29 is 24.3 Å². The normalized spacial score (nSPS) is 11.9. The molecule has 0 aliphatic carbocycles. The van der Waals surface area contributed by atoms with Gasteiger partial charge in [0, 0.05) is 0 Å². The molecule has 0 spiro atoms. The highest BCUT2D eigenvalue weighted by molar-refractivity contribution is 7.61. The summed E-state index contributed by atoms with van der Waals surface area (Å²) in [5.74, 6) is -1.36. The van der Waals surface area contributed by atoms with Crippen LogP contribution >= 0.6 is 7.60 Å². The molecule has 6 heteroatoms. The molecule has 0 heterocycles. The summed E-state index contributed by atoms with van der Waals surface area (Å²) in [4.78, 5) is 30.3. The number of aromatic carboxylic acids is 1. The molecule has 0 aromatic heterocycles. The maximum absolute atomic E-state index is 11.7. The molecular weight excluding hydrogens is 291 g/mol. The topological polar surface area (TPSA) is 94.8 Å². The Bertz CT molecular complexity index is 926. The highest BCUT2D eigenvalue weighted by atomic mass is 31.2. The lowest BCUT2D eigenvalue weighted by molar-refractivity contribution is 0.0698. The summed E-state index contributed by atoms with van der Waals surface area (Å²) in [6.45, 7) is 0. The Hall–Kier alpha value is -2.20. The fourth-order valence-corrected chi connectivity index (χ4v) is 3.55. The quantitative estimate of drug-likeness (QED) is 0.499. The fourth-order valence-electron chi connectivity index (χ4n) is 2.56.